The molecule has 8 heteroatoms. The van der Waals surface area contributed by atoms with Gasteiger partial charge in [0.15, 0.2) is 5.92 Å². The zero-order valence-corrected chi connectivity index (χ0v) is 16.3. The highest BCUT2D eigenvalue weighted by molar-refractivity contribution is 6.07. The van der Waals surface area contributed by atoms with Crippen molar-refractivity contribution >= 4 is 28.9 Å². The molecule has 0 saturated heterocycles. The summed E-state index contributed by atoms with van der Waals surface area (Å²) in [5, 5.41) is 2.74. The van der Waals surface area contributed by atoms with Gasteiger partial charge in [0.2, 0.25) is 11.9 Å². The molecule has 0 bridgehead atoms. The van der Waals surface area contributed by atoms with E-state index in [0.29, 0.717) is 28.5 Å². The van der Waals surface area contributed by atoms with Crippen molar-refractivity contribution in [2.45, 2.75) is 13.0 Å². The van der Waals surface area contributed by atoms with Crippen LogP contribution in [0.3, 0.4) is 0 Å². The van der Waals surface area contributed by atoms with Gasteiger partial charge in [-0.05, 0) is 37.3 Å². The fourth-order valence-corrected chi connectivity index (χ4v) is 3.75. The molecule has 1 N–H and O–H groups in total. The molecule has 0 spiro atoms. The van der Waals surface area contributed by atoms with E-state index in [-0.39, 0.29) is 6.61 Å². The van der Waals surface area contributed by atoms with Crippen molar-refractivity contribution in [2.24, 2.45) is 5.92 Å². The van der Waals surface area contributed by atoms with Crippen LogP contribution in [0.25, 0.3) is 11.0 Å². The molecule has 150 valence electrons. The van der Waals surface area contributed by atoms with E-state index in [9.17, 15) is 9.59 Å². The standard InChI is InChI=1S/C21H21N3O5/c1-4-29-20(26)17-18(13-11-12(27-2)9-10-16(13)28-3)24-15-8-6-5-7-14(15)22-21(24)23-19(17)25/h5-11,17-18H,4H2,1-3H3,(H,22,23,25)/t17-,18-/m1/s1. The normalized spacial score (nSPS) is 18.1. The molecule has 0 aliphatic carbocycles. The first-order valence-electron chi connectivity index (χ1n) is 9.25. The Balaban J connectivity index is 2.01. The maximum atomic E-state index is 13.0. The van der Waals surface area contributed by atoms with E-state index in [1.807, 2.05) is 28.8 Å². The number of fused-ring (bicyclic) bond motifs is 3. The second-order valence-electron chi connectivity index (χ2n) is 6.57. The number of nitrogens with one attached hydrogen (secondary N) is 1. The van der Waals surface area contributed by atoms with E-state index < -0.39 is 23.8 Å². The molecule has 8 nitrogen and oxygen atoms in total. The summed E-state index contributed by atoms with van der Waals surface area (Å²) < 4.78 is 18.0. The Labute approximate surface area is 167 Å². The summed E-state index contributed by atoms with van der Waals surface area (Å²) in [7, 11) is 3.10. The van der Waals surface area contributed by atoms with Crippen LogP contribution in [-0.4, -0.2) is 42.3 Å². The quantitative estimate of drug-likeness (QED) is 0.528. The molecule has 0 saturated carbocycles. The number of nitrogens with zero attached hydrogens (tertiary/aromatic N) is 2. The van der Waals surface area contributed by atoms with Gasteiger partial charge in [-0.15, -0.1) is 0 Å². The number of carbonyl (C=O) groups is 2. The van der Waals surface area contributed by atoms with Crippen LogP contribution in [0.5, 0.6) is 11.5 Å². The van der Waals surface area contributed by atoms with Crippen LogP contribution in [0.15, 0.2) is 42.5 Å². The predicted molar refractivity (Wildman–Crippen MR) is 106 cm³/mol. The van der Waals surface area contributed by atoms with Crippen LogP contribution in [0.1, 0.15) is 18.5 Å². The lowest BCUT2D eigenvalue weighted by Gasteiger charge is -2.33. The number of anilines is 1. The summed E-state index contributed by atoms with van der Waals surface area (Å²) in [4.78, 5) is 30.3. The Hall–Kier alpha value is -3.55. The minimum atomic E-state index is -1.11. The van der Waals surface area contributed by atoms with Crippen molar-refractivity contribution in [1.29, 1.82) is 0 Å². The largest absolute Gasteiger partial charge is 0.497 e. The average Bonchev–Trinajstić information content (AvgIpc) is 3.10. The van der Waals surface area contributed by atoms with Crippen LogP contribution in [-0.2, 0) is 14.3 Å². The molecule has 1 aromatic heterocycles. The summed E-state index contributed by atoms with van der Waals surface area (Å²) in [6.45, 7) is 1.87. The van der Waals surface area contributed by atoms with E-state index in [1.54, 1.807) is 39.3 Å². The number of ether oxygens (including phenoxy) is 3. The number of para-hydroxylation sites is 2. The zero-order valence-electron chi connectivity index (χ0n) is 16.3. The van der Waals surface area contributed by atoms with Gasteiger partial charge in [0, 0.05) is 5.56 Å². The van der Waals surface area contributed by atoms with Crippen molar-refractivity contribution in [2.75, 3.05) is 26.1 Å². The molecule has 1 amide bonds. The highest BCUT2D eigenvalue weighted by Gasteiger charge is 2.45. The van der Waals surface area contributed by atoms with Crippen LogP contribution in [0.4, 0.5) is 5.95 Å². The maximum absolute atomic E-state index is 13.0. The second-order valence-corrected chi connectivity index (χ2v) is 6.57. The molecular weight excluding hydrogens is 374 g/mol. The lowest BCUT2D eigenvalue weighted by Crippen LogP contribution is -2.43. The third kappa shape index (κ3) is 3.06. The lowest BCUT2D eigenvalue weighted by molar-refractivity contribution is -0.152. The summed E-state index contributed by atoms with van der Waals surface area (Å²) in [5.74, 6) is -0.707. The Bertz CT molecular complexity index is 1090. The van der Waals surface area contributed by atoms with Crippen molar-refractivity contribution < 1.29 is 23.8 Å². The smallest absolute Gasteiger partial charge is 0.321 e. The van der Waals surface area contributed by atoms with Gasteiger partial charge in [-0.2, -0.15) is 0 Å². The highest BCUT2D eigenvalue weighted by atomic mass is 16.5. The number of amides is 1. The molecule has 2 aromatic carbocycles. The van der Waals surface area contributed by atoms with E-state index in [1.165, 1.54) is 0 Å². The van der Waals surface area contributed by atoms with E-state index >= 15 is 0 Å². The van der Waals surface area contributed by atoms with Crippen molar-refractivity contribution in [3.8, 4) is 11.5 Å². The zero-order chi connectivity index (χ0) is 20.5. The van der Waals surface area contributed by atoms with Crippen LogP contribution in [0, 0.1) is 5.92 Å². The van der Waals surface area contributed by atoms with Gasteiger partial charge in [-0.3, -0.25) is 14.9 Å². The van der Waals surface area contributed by atoms with Crippen molar-refractivity contribution in [3.05, 3.63) is 48.0 Å². The van der Waals surface area contributed by atoms with Crippen LogP contribution in [0.2, 0.25) is 0 Å². The van der Waals surface area contributed by atoms with E-state index in [0.717, 1.165) is 5.52 Å². The topological polar surface area (TPSA) is 91.7 Å². The number of hydrogen-bond acceptors (Lipinski definition) is 6. The van der Waals surface area contributed by atoms with E-state index in [4.69, 9.17) is 14.2 Å². The van der Waals surface area contributed by atoms with Crippen molar-refractivity contribution in [1.82, 2.24) is 9.55 Å². The van der Waals surface area contributed by atoms with Gasteiger partial charge < -0.3 is 18.8 Å². The van der Waals surface area contributed by atoms with E-state index in [2.05, 4.69) is 10.3 Å². The Morgan fingerprint density at radius 2 is 1.97 bits per heavy atom. The molecule has 3 aromatic rings. The molecule has 1 aliphatic heterocycles. The number of esters is 1. The Kier molecular flexibility index (Phi) is 4.84. The molecule has 4 rings (SSSR count). The molecule has 0 unspecified atom stereocenters. The van der Waals surface area contributed by atoms with Gasteiger partial charge in [-0.25, -0.2) is 4.98 Å². The summed E-state index contributed by atoms with van der Waals surface area (Å²) in [6, 6.07) is 12.1. The highest BCUT2D eigenvalue weighted by Crippen LogP contribution is 2.42. The monoisotopic (exact) mass is 395 g/mol. The fourth-order valence-electron chi connectivity index (χ4n) is 3.75. The fraction of sp³-hybridized carbons (Fsp3) is 0.286. The molecular formula is C21H21N3O5. The second kappa shape index (κ2) is 7.46. The first-order chi connectivity index (χ1) is 14.1. The SMILES string of the molecule is CCOC(=O)[C@H]1C(=O)Nc2nc3ccccc3n2[C@@H]1c1cc(OC)ccc1OC. The number of aromatic nitrogens is 2. The van der Waals surface area contributed by atoms with Crippen LogP contribution < -0.4 is 14.8 Å². The minimum absolute atomic E-state index is 0.169. The third-order valence-electron chi connectivity index (χ3n) is 5.00. The Morgan fingerprint density at radius 1 is 1.17 bits per heavy atom. The molecule has 2 atom stereocenters. The maximum Gasteiger partial charge on any atom is 0.321 e. The molecule has 1 aliphatic rings. The molecule has 0 radical (unpaired) electrons. The van der Waals surface area contributed by atoms with Gasteiger partial charge in [-0.1, -0.05) is 12.1 Å². The predicted octanol–water partition coefficient (Wildman–Crippen LogP) is 2.77. The van der Waals surface area contributed by atoms with Gasteiger partial charge in [0.1, 0.15) is 11.5 Å². The summed E-state index contributed by atoms with van der Waals surface area (Å²) in [5.41, 5.74) is 2.12. The number of rotatable bonds is 5. The molecule has 0 fully saturated rings. The van der Waals surface area contributed by atoms with Crippen LogP contribution >= 0.6 is 0 Å². The molecule has 29 heavy (non-hydrogen) atoms. The lowest BCUT2D eigenvalue weighted by atomic mass is 9.89. The van der Waals surface area contributed by atoms with Gasteiger partial charge in [0.05, 0.1) is 37.9 Å². The van der Waals surface area contributed by atoms with Gasteiger partial charge in [0.25, 0.3) is 0 Å². The number of hydrogen-bond donors (Lipinski definition) is 1. The molecule has 2 heterocycles. The summed E-state index contributed by atoms with van der Waals surface area (Å²) in [6.07, 6.45) is 0. The third-order valence-corrected chi connectivity index (χ3v) is 5.00. The first kappa shape index (κ1) is 18.8. The number of benzene rings is 2. The summed E-state index contributed by atoms with van der Waals surface area (Å²) >= 11 is 0. The number of methoxy groups -OCH3 is 2. The minimum Gasteiger partial charge on any atom is -0.497 e. The average molecular weight is 395 g/mol. The Morgan fingerprint density at radius 3 is 2.69 bits per heavy atom. The van der Waals surface area contributed by atoms with Crippen molar-refractivity contribution in [3.63, 3.8) is 0 Å². The first-order valence-corrected chi connectivity index (χ1v) is 9.25. The number of imidazole rings is 1. The van der Waals surface area contributed by atoms with Gasteiger partial charge >= 0.3 is 5.97 Å². The number of carbonyl (C=O) groups excluding carboxylic acids is 2.